The van der Waals surface area contributed by atoms with Crippen LogP contribution in [0.3, 0.4) is 0 Å². The molecule has 1 N–H and O–H groups in total. The third-order valence-electron chi connectivity index (χ3n) is 3.61. The summed E-state index contributed by atoms with van der Waals surface area (Å²) in [4.78, 5) is 13.0. The first kappa shape index (κ1) is 13.2. The van der Waals surface area contributed by atoms with E-state index in [2.05, 4.69) is 39.1 Å². The van der Waals surface area contributed by atoms with Gasteiger partial charge in [0.2, 0.25) is 0 Å². The van der Waals surface area contributed by atoms with Gasteiger partial charge in [-0.1, -0.05) is 0 Å². The van der Waals surface area contributed by atoms with E-state index in [4.69, 9.17) is 0 Å². The van der Waals surface area contributed by atoms with Crippen LogP contribution in [0.4, 0.5) is 5.82 Å². The third kappa shape index (κ3) is 3.92. The summed E-state index contributed by atoms with van der Waals surface area (Å²) >= 11 is 0. The molecule has 0 unspecified atom stereocenters. The minimum absolute atomic E-state index is 0.632. The molecule has 18 heavy (non-hydrogen) atoms. The van der Waals surface area contributed by atoms with E-state index in [1.165, 1.54) is 26.2 Å². The van der Waals surface area contributed by atoms with Crippen molar-refractivity contribution in [3.05, 3.63) is 18.6 Å². The molecule has 1 aliphatic rings. The van der Waals surface area contributed by atoms with Crippen LogP contribution < -0.4 is 5.32 Å². The standard InChI is InChI=1S/C13H23N5/c1-12(18-9-7-17(2)8-10-18)3-6-15-13-4-5-14-11-16-13/h4-5,11-12H,3,6-10H2,1-2H3,(H,14,15,16)/t12-/m1/s1. The highest BCUT2D eigenvalue weighted by Crippen LogP contribution is 2.08. The summed E-state index contributed by atoms with van der Waals surface area (Å²) in [7, 11) is 2.19. The lowest BCUT2D eigenvalue weighted by Crippen LogP contribution is -2.48. The fourth-order valence-corrected chi connectivity index (χ4v) is 2.25. The summed E-state index contributed by atoms with van der Waals surface area (Å²) in [6.07, 6.45) is 4.49. The van der Waals surface area contributed by atoms with Gasteiger partial charge in [-0.15, -0.1) is 0 Å². The smallest absolute Gasteiger partial charge is 0.129 e. The van der Waals surface area contributed by atoms with Gasteiger partial charge in [0.05, 0.1) is 0 Å². The molecule has 1 aromatic rings. The summed E-state index contributed by atoms with van der Waals surface area (Å²) in [5.74, 6) is 0.913. The van der Waals surface area contributed by atoms with Crippen LogP contribution in [-0.4, -0.2) is 65.6 Å². The average Bonchev–Trinajstić information content (AvgIpc) is 2.40. The van der Waals surface area contributed by atoms with Crippen molar-refractivity contribution in [2.75, 3.05) is 45.1 Å². The average molecular weight is 249 g/mol. The van der Waals surface area contributed by atoms with Crippen LogP contribution in [0.5, 0.6) is 0 Å². The van der Waals surface area contributed by atoms with Crippen LogP contribution in [0.25, 0.3) is 0 Å². The maximum absolute atomic E-state index is 4.16. The van der Waals surface area contributed by atoms with Crippen molar-refractivity contribution in [3.8, 4) is 0 Å². The second-order valence-electron chi connectivity index (χ2n) is 5.00. The molecule has 5 heteroatoms. The zero-order chi connectivity index (χ0) is 12.8. The van der Waals surface area contributed by atoms with Gasteiger partial charge in [0.15, 0.2) is 0 Å². The predicted octanol–water partition coefficient (Wildman–Crippen LogP) is 0.914. The second kappa shape index (κ2) is 6.66. The van der Waals surface area contributed by atoms with Gasteiger partial charge in [0.1, 0.15) is 12.1 Å². The summed E-state index contributed by atoms with van der Waals surface area (Å²) in [6.45, 7) is 8.02. The zero-order valence-electron chi connectivity index (χ0n) is 11.3. The highest BCUT2D eigenvalue weighted by Gasteiger charge is 2.18. The minimum atomic E-state index is 0.632. The molecule has 0 radical (unpaired) electrons. The molecule has 0 bridgehead atoms. The lowest BCUT2D eigenvalue weighted by Gasteiger charge is -2.36. The molecule has 2 rings (SSSR count). The van der Waals surface area contributed by atoms with Gasteiger partial charge in [0, 0.05) is 45.0 Å². The molecule has 1 atom stereocenters. The van der Waals surface area contributed by atoms with Crippen LogP contribution in [0.15, 0.2) is 18.6 Å². The maximum Gasteiger partial charge on any atom is 0.129 e. The molecule has 1 aliphatic heterocycles. The van der Waals surface area contributed by atoms with E-state index >= 15 is 0 Å². The van der Waals surface area contributed by atoms with Gasteiger partial charge in [-0.2, -0.15) is 0 Å². The number of anilines is 1. The topological polar surface area (TPSA) is 44.3 Å². The summed E-state index contributed by atoms with van der Waals surface area (Å²) < 4.78 is 0. The van der Waals surface area contributed by atoms with E-state index in [-0.39, 0.29) is 0 Å². The Labute approximate surface area is 109 Å². The first-order valence-electron chi connectivity index (χ1n) is 6.68. The predicted molar refractivity (Wildman–Crippen MR) is 73.7 cm³/mol. The Bertz CT molecular complexity index is 334. The molecule has 0 saturated carbocycles. The van der Waals surface area contributed by atoms with Crippen molar-refractivity contribution in [1.82, 2.24) is 19.8 Å². The molecule has 1 aromatic heterocycles. The SMILES string of the molecule is C[C@H](CCNc1ccncn1)N1CCN(C)CC1. The summed E-state index contributed by atoms with van der Waals surface area (Å²) in [5, 5.41) is 3.34. The lowest BCUT2D eigenvalue weighted by molar-refractivity contribution is 0.116. The number of aromatic nitrogens is 2. The highest BCUT2D eigenvalue weighted by molar-refractivity contribution is 5.31. The van der Waals surface area contributed by atoms with Crippen molar-refractivity contribution in [3.63, 3.8) is 0 Å². The summed E-state index contributed by atoms with van der Waals surface area (Å²) in [6, 6.07) is 2.54. The molecule has 100 valence electrons. The van der Waals surface area contributed by atoms with E-state index in [9.17, 15) is 0 Å². The van der Waals surface area contributed by atoms with Crippen LogP contribution >= 0.6 is 0 Å². The summed E-state index contributed by atoms with van der Waals surface area (Å²) in [5.41, 5.74) is 0. The van der Waals surface area contributed by atoms with Crippen molar-refractivity contribution in [2.45, 2.75) is 19.4 Å². The van der Waals surface area contributed by atoms with Crippen molar-refractivity contribution in [1.29, 1.82) is 0 Å². The molecule has 2 heterocycles. The van der Waals surface area contributed by atoms with Gasteiger partial charge < -0.3 is 10.2 Å². The highest BCUT2D eigenvalue weighted by atomic mass is 15.3. The largest absolute Gasteiger partial charge is 0.370 e. The second-order valence-corrected chi connectivity index (χ2v) is 5.00. The maximum atomic E-state index is 4.16. The van der Waals surface area contributed by atoms with E-state index in [1.807, 2.05) is 6.07 Å². The van der Waals surface area contributed by atoms with Gasteiger partial charge in [-0.05, 0) is 26.5 Å². The van der Waals surface area contributed by atoms with E-state index in [0.717, 1.165) is 18.8 Å². The first-order valence-corrected chi connectivity index (χ1v) is 6.68. The van der Waals surface area contributed by atoms with Gasteiger partial charge >= 0.3 is 0 Å². The zero-order valence-corrected chi connectivity index (χ0v) is 11.3. The Balaban J connectivity index is 1.67. The normalized spacial score (nSPS) is 19.7. The molecule has 0 spiro atoms. The van der Waals surface area contributed by atoms with E-state index < -0.39 is 0 Å². The number of piperazine rings is 1. The Kier molecular flexibility index (Phi) is 4.90. The molecule has 1 saturated heterocycles. The van der Waals surface area contributed by atoms with E-state index in [0.29, 0.717) is 6.04 Å². The minimum Gasteiger partial charge on any atom is -0.370 e. The van der Waals surface area contributed by atoms with Gasteiger partial charge in [0.25, 0.3) is 0 Å². The lowest BCUT2D eigenvalue weighted by atomic mass is 10.1. The number of likely N-dealkylation sites (N-methyl/N-ethyl adjacent to an activating group) is 1. The number of hydrogen-bond acceptors (Lipinski definition) is 5. The molecule has 0 amide bonds. The molecule has 1 fully saturated rings. The molecular weight excluding hydrogens is 226 g/mol. The van der Waals surface area contributed by atoms with E-state index in [1.54, 1.807) is 12.5 Å². The molecule has 0 aliphatic carbocycles. The van der Waals surface area contributed by atoms with Crippen LogP contribution in [0.2, 0.25) is 0 Å². The molecule has 0 aromatic carbocycles. The Morgan fingerprint density at radius 2 is 2.11 bits per heavy atom. The number of hydrogen-bond donors (Lipinski definition) is 1. The third-order valence-corrected chi connectivity index (χ3v) is 3.61. The quantitative estimate of drug-likeness (QED) is 0.840. The van der Waals surface area contributed by atoms with Crippen molar-refractivity contribution >= 4 is 5.82 Å². The number of nitrogens with zero attached hydrogens (tertiary/aromatic N) is 4. The number of rotatable bonds is 5. The first-order chi connectivity index (χ1) is 8.75. The monoisotopic (exact) mass is 249 g/mol. The van der Waals surface area contributed by atoms with Crippen LogP contribution in [0.1, 0.15) is 13.3 Å². The van der Waals surface area contributed by atoms with Crippen molar-refractivity contribution in [2.24, 2.45) is 0 Å². The molecule has 5 nitrogen and oxygen atoms in total. The Morgan fingerprint density at radius 1 is 1.33 bits per heavy atom. The van der Waals surface area contributed by atoms with Crippen LogP contribution in [0, 0.1) is 0 Å². The molecular formula is C13H23N5. The number of nitrogens with one attached hydrogen (secondary N) is 1. The Hall–Kier alpha value is -1.20. The van der Waals surface area contributed by atoms with Gasteiger partial charge in [-0.25, -0.2) is 9.97 Å². The fraction of sp³-hybridized carbons (Fsp3) is 0.692. The fourth-order valence-electron chi connectivity index (χ4n) is 2.25. The van der Waals surface area contributed by atoms with Gasteiger partial charge in [-0.3, -0.25) is 4.90 Å². The van der Waals surface area contributed by atoms with Crippen LogP contribution in [-0.2, 0) is 0 Å². The Morgan fingerprint density at radius 3 is 2.78 bits per heavy atom. The van der Waals surface area contributed by atoms with Crippen molar-refractivity contribution < 1.29 is 0 Å².